The van der Waals surface area contributed by atoms with Crippen molar-refractivity contribution >= 4 is 17.3 Å². The SMILES string of the molecule is CC1=C(O)c2c(cc(O)c3c2OC(C)C3(C)CC=CC2(C)CCCC2C)C(=O)C1=O. The molecular formula is C25H30O5. The molecule has 2 N–H and O–H groups in total. The number of Topliss-reactive ketones (excluding diaryl/α,β-unsaturated/α-hetero) is 2. The number of carbonyl (C=O) groups excluding carboxylic acids is 2. The van der Waals surface area contributed by atoms with Gasteiger partial charge in [-0.2, -0.15) is 0 Å². The highest BCUT2D eigenvalue weighted by atomic mass is 16.5. The molecule has 160 valence electrons. The van der Waals surface area contributed by atoms with Crippen LogP contribution in [0.3, 0.4) is 0 Å². The van der Waals surface area contributed by atoms with E-state index in [2.05, 4.69) is 26.0 Å². The van der Waals surface area contributed by atoms with Gasteiger partial charge >= 0.3 is 0 Å². The zero-order valence-electron chi connectivity index (χ0n) is 18.3. The summed E-state index contributed by atoms with van der Waals surface area (Å²) in [6.45, 7) is 9.99. The molecule has 30 heavy (non-hydrogen) atoms. The Kier molecular flexibility index (Phi) is 4.64. The summed E-state index contributed by atoms with van der Waals surface area (Å²) in [4.78, 5) is 24.6. The molecule has 0 amide bonds. The van der Waals surface area contributed by atoms with Crippen molar-refractivity contribution in [1.82, 2.24) is 0 Å². The van der Waals surface area contributed by atoms with Gasteiger partial charge in [0.2, 0.25) is 11.6 Å². The fourth-order valence-corrected chi connectivity index (χ4v) is 5.28. The molecule has 3 aliphatic rings. The molecule has 0 radical (unpaired) electrons. The van der Waals surface area contributed by atoms with E-state index < -0.39 is 17.0 Å². The number of aromatic hydroxyl groups is 1. The smallest absolute Gasteiger partial charge is 0.234 e. The fraction of sp³-hybridized carbons (Fsp3) is 0.520. The second kappa shape index (κ2) is 6.73. The van der Waals surface area contributed by atoms with E-state index in [9.17, 15) is 19.8 Å². The number of hydrogen-bond donors (Lipinski definition) is 2. The third-order valence-corrected chi connectivity index (χ3v) is 7.93. The monoisotopic (exact) mass is 410 g/mol. The topological polar surface area (TPSA) is 83.8 Å². The number of ketones is 2. The molecule has 4 atom stereocenters. The van der Waals surface area contributed by atoms with E-state index in [-0.39, 0.29) is 39.7 Å². The van der Waals surface area contributed by atoms with E-state index in [0.29, 0.717) is 23.7 Å². The molecule has 1 aromatic rings. The van der Waals surface area contributed by atoms with Gasteiger partial charge in [-0.15, -0.1) is 0 Å². The van der Waals surface area contributed by atoms with Gasteiger partial charge in [-0.1, -0.05) is 39.3 Å². The van der Waals surface area contributed by atoms with Crippen LogP contribution in [0.2, 0.25) is 0 Å². The van der Waals surface area contributed by atoms with E-state index in [1.54, 1.807) is 0 Å². The summed E-state index contributed by atoms with van der Waals surface area (Å²) in [5.74, 6) is -0.851. The van der Waals surface area contributed by atoms with Gasteiger partial charge in [0.05, 0.1) is 5.56 Å². The molecule has 5 heteroatoms. The second-order valence-corrected chi connectivity index (χ2v) is 9.74. The summed E-state index contributed by atoms with van der Waals surface area (Å²) >= 11 is 0. The van der Waals surface area contributed by atoms with Crippen molar-refractivity contribution < 1.29 is 24.5 Å². The first-order valence-electron chi connectivity index (χ1n) is 10.8. The lowest BCUT2D eigenvalue weighted by Crippen LogP contribution is -2.32. The largest absolute Gasteiger partial charge is 0.507 e. The minimum atomic E-state index is -0.755. The van der Waals surface area contributed by atoms with Crippen LogP contribution < -0.4 is 4.74 Å². The predicted octanol–water partition coefficient (Wildman–Crippen LogP) is 5.26. The van der Waals surface area contributed by atoms with E-state index in [0.717, 1.165) is 0 Å². The summed E-state index contributed by atoms with van der Waals surface area (Å²) in [5, 5.41) is 21.5. The van der Waals surface area contributed by atoms with Crippen molar-refractivity contribution in [2.45, 2.75) is 71.8 Å². The molecule has 1 saturated carbocycles. The number of carbonyl (C=O) groups is 2. The van der Waals surface area contributed by atoms with Gasteiger partial charge in [0.15, 0.2) is 0 Å². The summed E-state index contributed by atoms with van der Waals surface area (Å²) < 4.78 is 6.12. The number of fused-ring (bicyclic) bond motifs is 3. The van der Waals surface area contributed by atoms with Gasteiger partial charge in [-0.05, 0) is 50.5 Å². The van der Waals surface area contributed by atoms with E-state index in [1.807, 2.05) is 13.8 Å². The summed E-state index contributed by atoms with van der Waals surface area (Å²) in [7, 11) is 0. The van der Waals surface area contributed by atoms with Crippen LogP contribution in [0.4, 0.5) is 0 Å². The zero-order valence-corrected chi connectivity index (χ0v) is 18.3. The Morgan fingerprint density at radius 3 is 2.53 bits per heavy atom. The Morgan fingerprint density at radius 2 is 1.90 bits per heavy atom. The van der Waals surface area contributed by atoms with E-state index in [1.165, 1.54) is 32.3 Å². The molecule has 1 heterocycles. The number of aliphatic hydroxyl groups is 1. The third-order valence-electron chi connectivity index (χ3n) is 7.93. The first-order chi connectivity index (χ1) is 14.0. The van der Waals surface area contributed by atoms with Crippen molar-refractivity contribution in [3.63, 3.8) is 0 Å². The Bertz CT molecular complexity index is 1020. The average Bonchev–Trinajstić information content (AvgIpc) is 3.15. The number of phenols is 1. The first kappa shape index (κ1) is 20.7. The van der Waals surface area contributed by atoms with Gasteiger partial charge in [-0.3, -0.25) is 9.59 Å². The van der Waals surface area contributed by atoms with Crippen molar-refractivity contribution in [1.29, 1.82) is 0 Å². The highest BCUT2D eigenvalue weighted by molar-refractivity contribution is 6.52. The Labute approximate surface area is 177 Å². The van der Waals surface area contributed by atoms with Gasteiger partial charge in [0, 0.05) is 22.1 Å². The Hall–Kier alpha value is -2.56. The van der Waals surface area contributed by atoms with Crippen molar-refractivity contribution in [2.75, 3.05) is 0 Å². The predicted molar refractivity (Wildman–Crippen MR) is 115 cm³/mol. The number of allylic oxidation sites excluding steroid dienone is 3. The highest BCUT2D eigenvalue weighted by Gasteiger charge is 2.48. The lowest BCUT2D eigenvalue weighted by Gasteiger charge is -2.29. The number of rotatable bonds is 3. The number of benzene rings is 1. The molecule has 4 rings (SSSR count). The fourth-order valence-electron chi connectivity index (χ4n) is 5.28. The molecule has 1 aliphatic heterocycles. The van der Waals surface area contributed by atoms with Gasteiger partial charge in [0.25, 0.3) is 0 Å². The maximum Gasteiger partial charge on any atom is 0.234 e. The van der Waals surface area contributed by atoms with Gasteiger partial charge in [0.1, 0.15) is 23.4 Å². The maximum atomic E-state index is 12.5. The average molecular weight is 411 g/mol. The molecule has 0 spiro atoms. The lowest BCUT2D eigenvalue weighted by molar-refractivity contribution is -0.111. The van der Waals surface area contributed by atoms with Gasteiger partial charge in [-0.25, -0.2) is 0 Å². The van der Waals surface area contributed by atoms with E-state index >= 15 is 0 Å². The van der Waals surface area contributed by atoms with Crippen LogP contribution in [-0.4, -0.2) is 27.9 Å². The van der Waals surface area contributed by atoms with Crippen molar-refractivity contribution in [3.05, 3.63) is 40.5 Å². The van der Waals surface area contributed by atoms with Crippen LogP contribution in [0.15, 0.2) is 23.8 Å². The normalized spacial score (nSPS) is 33.2. The second-order valence-electron chi connectivity index (χ2n) is 9.74. The molecule has 0 bridgehead atoms. The number of phenolic OH excluding ortho intramolecular Hbond substituents is 1. The van der Waals surface area contributed by atoms with Crippen LogP contribution in [0.5, 0.6) is 11.5 Å². The third kappa shape index (κ3) is 2.74. The van der Waals surface area contributed by atoms with Gasteiger partial charge < -0.3 is 14.9 Å². The van der Waals surface area contributed by atoms with Crippen LogP contribution in [0.1, 0.15) is 81.8 Å². The minimum Gasteiger partial charge on any atom is -0.507 e. The van der Waals surface area contributed by atoms with Crippen LogP contribution >= 0.6 is 0 Å². The quantitative estimate of drug-likeness (QED) is 0.525. The van der Waals surface area contributed by atoms with Crippen molar-refractivity contribution in [2.24, 2.45) is 11.3 Å². The number of hydrogen-bond acceptors (Lipinski definition) is 5. The molecule has 2 aliphatic carbocycles. The Balaban J connectivity index is 1.78. The maximum absolute atomic E-state index is 12.5. The zero-order chi connectivity index (χ0) is 22.0. The summed E-state index contributed by atoms with van der Waals surface area (Å²) in [6.07, 6.45) is 8.54. The minimum absolute atomic E-state index is 0.00127. The Morgan fingerprint density at radius 1 is 1.20 bits per heavy atom. The molecular weight excluding hydrogens is 380 g/mol. The molecule has 5 nitrogen and oxygen atoms in total. The molecule has 1 fully saturated rings. The molecule has 0 aromatic heterocycles. The lowest BCUT2D eigenvalue weighted by atomic mass is 9.73. The summed E-state index contributed by atoms with van der Waals surface area (Å²) in [6, 6.07) is 1.31. The molecule has 0 saturated heterocycles. The van der Waals surface area contributed by atoms with Crippen LogP contribution in [0.25, 0.3) is 5.76 Å². The first-order valence-corrected chi connectivity index (χ1v) is 10.8. The van der Waals surface area contributed by atoms with Crippen LogP contribution in [-0.2, 0) is 10.2 Å². The molecule has 1 aromatic carbocycles. The van der Waals surface area contributed by atoms with E-state index in [4.69, 9.17) is 4.74 Å². The standard InChI is InChI=1S/C25H30O5/c1-13-8-6-9-24(13,4)10-7-11-25(5)15(3)30-23-18-16(12-17(26)19(23)25)22(29)21(28)14(2)20(18)27/h7,10,12-13,15,26-27H,6,8-9,11H2,1-5H3. The van der Waals surface area contributed by atoms with Crippen molar-refractivity contribution in [3.8, 4) is 11.5 Å². The number of ether oxygens (including phenoxy) is 1. The molecule has 4 unspecified atom stereocenters. The number of aliphatic hydroxyl groups excluding tert-OH is 1. The summed E-state index contributed by atoms with van der Waals surface area (Å²) in [5.41, 5.74) is 0.476. The highest BCUT2D eigenvalue weighted by Crippen LogP contribution is 2.54. The van der Waals surface area contributed by atoms with Crippen LogP contribution in [0, 0.1) is 11.3 Å².